The molecule has 0 aromatic heterocycles. The summed E-state index contributed by atoms with van der Waals surface area (Å²) in [5.41, 5.74) is 0. The first-order chi connectivity index (χ1) is 6.14. The van der Waals surface area contributed by atoms with Crippen LogP contribution >= 0.6 is 0 Å². The Labute approximate surface area is 82.5 Å². The maximum Gasteiger partial charge on any atom is 0.186 e. The zero-order chi connectivity index (χ0) is 10.3. The summed E-state index contributed by atoms with van der Waals surface area (Å²) in [6, 6.07) is 0. The van der Waals surface area contributed by atoms with Gasteiger partial charge >= 0.3 is 0 Å². The van der Waals surface area contributed by atoms with Crippen LogP contribution in [-0.4, -0.2) is 36.4 Å². The lowest BCUT2D eigenvalue weighted by atomic mass is 10.2. The van der Waals surface area contributed by atoms with Crippen molar-refractivity contribution in [2.45, 2.75) is 40.5 Å². The van der Waals surface area contributed by atoms with E-state index in [9.17, 15) is 4.79 Å². The molecular formula is C11H24NO+. The first-order valence-electron chi connectivity index (χ1n) is 5.50. The van der Waals surface area contributed by atoms with Crippen LogP contribution in [0.3, 0.4) is 0 Å². The summed E-state index contributed by atoms with van der Waals surface area (Å²) >= 11 is 0. The molecule has 0 N–H and O–H groups in total. The molecule has 2 nitrogen and oxygen atoms in total. The maximum absolute atomic E-state index is 11.5. The minimum atomic E-state index is 0.424. The summed E-state index contributed by atoms with van der Waals surface area (Å²) in [7, 11) is 0. The second-order valence-electron chi connectivity index (χ2n) is 3.74. The Kier molecular flexibility index (Phi) is 5.97. The Balaban J connectivity index is 4.16. The van der Waals surface area contributed by atoms with Gasteiger partial charge < -0.3 is 4.48 Å². The van der Waals surface area contributed by atoms with E-state index < -0.39 is 0 Å². The molecule has 0 aliphatic rings. The molecule has 0 spiro atoms. The molecule has 2 heteroatoms. The number of likely N-dealkylation sites (N-methyl/N-ethyl adjacent to an activating group) is 1. The van der Waals surface area contributed by atoms with Crippen molar-refractivity contribution in [3.8, 4) is 0 Å². The molecule has 0 radical (unpaired) electrons. The molecule has 0 atom stereocenters. The number of nitrogens with zero attached hydrogens (tertiary/aromatic N) is 1. The Morgan fingerprint density at radius 3 is 1.77 bits per heavy atom. The Morgan fingerprint density at radius 1 is 1.00 bits per heavy atom. The molecule has 0 saturated heterocycles. The standard InChI is InChI=1S/C11H24NO/c1-5-9-11(13)10-12(6-2,7-3)8-4/h5-10H2,1-4H3/q+1. The summed E-state index contributed by atoms with van der Waals surface area (Å²) in [5, 5.41) is 0. The third-order valence-corrected chi connectivity index (χ3v) is 3.05. The van der Waals surface area contributed by atoms with Gasteiger partial charge in [-0.3, -0.25) is 4.79 Å². The fraction of sp³-hybridized carbons (Fsp3) is 0.909. The molecule has 0 unspecified atom stereocenters. The minimum Gasteiger partial charge on any atom is -0.318 e. The molecule has 0 heterocycles. The highest BCUT2D eigenvalue weighted by atomic mass is 16.1. The molecule has 0 fully saturated rings. The van der Waals surface area contributed by atoms with Crippen LogP contribution in [0.25, 0.3) is 0 Å². The van der Waals surface area contributed by atoms with Crippen LogP contribution < -0.4 is 0 Å². The van der Waals surface area contributed by atoms with Crippen molar-refractivity contribution < 1.29 is 9.28 Å². The van der Waals surface area contributed by atoms with E-state index in [4.69, 9.17) is 0 Å². The average Bonchev–Trinajstić information content (AvgIpc) is 2.15. The van der Waals surface area contributed by atoms with Crippen LogP contribution in [0.2, 0.25) is 0 Å². The van der Waals surface area contributed by atoms with Gasteiger partial charge in [-0.05, 0) is 27.2 Å². The molecule has 0 aromatic carbocycles. The Morgan fingerprint density at radius 2 is 1.46 bits per heavy atom. The average molecular weight is 186 g/mol. The van der Waals surface area contributed by atoms with Crippen LogP contribution in [-0.2, 0) is 4.79 Å². The highest BCUT2D eigenvalue weighted by Gasteiger charge is 2.23. The zero-order valence-corrected chi connectivity index (χ0v) is 9.60. The van der Waals surface area contributed by atoms with Gasteiger partial charge in [-0.25, -0.2) is 0 Å². The fourth-order valence-electron chi connectivity index (χ4n) is 1.74. The van der Waals surface area contributed by atoms with Crippen molar-refractivity contribution >= 4 is 5.78 Å². The van der Waals surface area contributed by atoms with Crippen LogP contribution in [0, 0.1) is 0 Å². The Hall–Kier alpha value is -0.370. The van der Waals surface area contributed by atoms with E-state index in [-0.39, 0.29) is 0 Å². The summed E-state index contributed by atoms with van der Waals surface area (Å²) < 4.78 is 0.957. The van der Waals surface area contributed by atoms with Crippen LogP contribution in [0.15, 0.2) is 0 Å². The number of hydrogen-bond acceptors (Lipinski definition) is 1. The monoisotopic (exact) mass is 186 g/mol. The summed E-state index contributed by atoms with van der Waals surface area (Å²) in [6.45, 7) is 12.5. The lowest BCUT2D eigenvalue weighted by molar-refractivity contribution is -0.915. The topological polar surface area (TPSA) is 17.1 Å². The summed E-state index contributed by atoms with van der Waals surface area (Å²) in [5.74, 6) is 0.424. The molecule has 0 aromatic rings. The minimum absolute atomic E-state index is 0.424. The normalized spacial score (nSPS) is 11.7. The number of hydrogen-bond donors (Lipinski definition) is 0. The van der Waals surface area contributed by atoms with Gasteiger partial charge in [0.05, 0.1) is 19.6 Å². The number of quaternary nitrogens is 1. The van der Waals surface area contributed by atoms with Gasteiger partial charge in [-0.15, -0.1) is 0 Å². The van der Waals surface area contributed by atoms with E-state index in [0.29, 0.717) is 5.78 Å². The number of carbonyl (C=O) groups is 1. The second kappa shape index (κ2) is 6.14. The van der Waals surface area contributed by atoms with Crippen molar-refractivity contribution in [2.75, 3.05) is 26.2 Å². The third-order valence-electron chi connectivity index (χ3n) is 3.05. The predicted molar refractivity (Wildman–Crippen MR) is 56.7 cm³/mol. The first kappa shape index (κ1) is 12.6. The number of carbonyl (C=O) groups excluding carboxylic acids is 1. The van der Waals surface area contributed by atoms with E-state index in [1.165, 1.54) is 0 Å². The fourth-order valence-corrected chi connectivity index (χ4v) is 1.74. The van der Waals surface area contributed by atoms with Gasteiger partial charge in [-0.2, -0.15) is 0 Å². The van der Waals surface area contributed by atoms with Gasteiger partial charge in [0.1, 0.15) is 6.54 Å². The highest BCUT2D eigenvalue weighted by molar-refractivity contribution is 5.79. The quantitative estimate of drug-likeness (QED) is 0.557. The van der Waals surface area contributed by atoms with Crippen molar-refractivity contribution in [3.63, 3.8) is 0 Å². The summed E-state index contributed by atoms with van der Waals surface area (Å²) in [4.78, 5) is 11.5. The maximum atomic E-state index is 11.5. The first-order valence-corrected chi connectivity index (χ1v) is 5.50. The smallest absolute Gasteiger partial charge is 0.186 e. The van der Waals surface area contributed by atoms with Crippen molar-refractivity contribution in [1.29, 1.82) is 0 Å². The van der Waals surface area contributed by atoms with Gasteiger partial charge in [0.2, 0.25) is 0 Å². The van der Waals surface area contributed by atoms with E-state index in [2.05, 4.69) is 27.7 Å². The molecule has 0 saturated carbocycles. The van der Waals surface area contributed by atoms with Crippen LogP contribution in [0.1, 0.15) is 40.5 Å². The van der Waals surface area contributed by atoms with E-state index >= 15 is 0 Å². The van der Waals surface area contributed by atoms with E-state index in [1.807, 2.05) is 0 Å². The van der Waals surface area contributed by atoms with Crippen LogP contribution in [0.5, 0.6) is 0 Å². The molecule has 0 amide bonds. The van der Waals surface area contributed by atoms with Crippen molar-refractivity contribution in [2.24, 2.45) is 0 Å². The van der Waals surface area contributed by atoms with Crippen molar-refractivity contribution in [3.05, 3.63) is 0 Å². The molecule has 0 rings (SSSR count). The van der Waals surface area contributed by atoms with Gasteiger partial charge in [0, 0.05) is 6.42 Å². The van der Waals surface area contributed by atoms with Gasteiger partial charge in [0.15, 0.2) is 5.78 Å². The van der Waals surface area contributed by atoms with Crippen LogP contribution in [0.4, 0.5) is 0 Å². The largest absolute Gasteiger partial charge is 0.318 e. The SMILES string of the molecule is CCCC(=O)C[N+](CC)(CC)CC. The van der Waals surface area contributed by atoms with Gasteiger partial charge in [0.25, 0.3) is 0 Å². The molecule has 0 bridgehead atoms. The van der Waals surface area contributed by atoms with E-state index in [0.717, 1.165) is 43.5 Å². The molecule has 13 heavy (non-hydrogen) atoms. The number of ketones is 1. The predicted octanol–water partition coefficient (Wildman–Crippen LogP) is 2.23. The molecule has 78 valence electrons. The van der Waals surface area contributed by atoms with Crippen molar-refractivity contribution in [1.82, 2.24) is 0 Å². The molecule has 0 aliphatic carbocycles. The zero-order valence-electron chi connectivity index (χ0n) is 9.60. The molecular weight excluding hydrogens is 162 g/mol. The Bertz CT molecular complexity index is 142. The third kappa shape index (κ3) is 3.90. The van der Waals surface area contributed by atoms with Gasteiger partial charge in [-0.1, -0.05) is 6.92 Å². The molecule has 0 aliphatic heterocycles. The number of Topliss-reactive ketones (excluding diaryl/α,β-unsaturated/α-hetero) is 1. The van der Waals surface area contributed by atoms with E-state index in [1.54, 1.807) is 0 Å². The number of rotatable bonds is 7. The summed E-state index contributed by atoms with van der Waals surface area (Å²) in [6.07, 6.45) is 1.73. The lowest BCUT2D eigenvalue weighted by Gasteiger charge is -2.35. The lowest BCUT2D eigenvalue weighted by Crippen LogP contribution is -2.50. The second-order valence-corrected chi connectivity index (χ2v) is 3.74. The highest BCUT2D eigenvalue weighted by Crippen LogP contribution is 2.07.